The molecule has 1 aliphatic heterocycles. The first-order valence-electron chi connectivity index (χ1n) is 7.84. The van der Waals surface area contributed by atoms with Crippen molar-refractivity contribution in [1.82, 2.24) is 14.7 Å². The van der Waals surface area contributed by atoms with Gasteiger partial charge in [0.15, 0.2) is 11.5 Å². The molecule has 3 aromatic rings. The Morgan fingerprint density at radius 3 is 2.96 bits per heavy atom. The molecule has 0 atom stereocenters. The lowest BCUT2D eigenvalue weighted by molar-refractivity contribution is -0.131. The van der Waals surface area contributed by atoms with E-state index in [0.29, 0.717) is 18.0 Å². The molecular weight excluding hydrogens is 358 g/mol. The van der Waals surface area contributed by atoms with Gasteiger partial charge in [-0.2, -0.15) is 4.68 Å². The lowest BCUT2D eigenvalue weighted by atomic mass is 10.2. The highest BCUT2D eigenvalue weighted by molar-refractivity contribution is 7.13. The Labute approximate surface area is 152 Å². The minimum Gasteiger partial charge on any atom is -0.454 e. The van der Waals surface area contributed by atoms with Crippen LogP contribution in [-0.4, -0.2) is 34.4 Å². The summed E-state index contributed by atoms with van der Waals surface area (Å²) in [6.45, 7) is 0.393. The van der Waals surface area contributed by atoms with Gasteiger partial charge < -0.3 is 18.8 Å². The van der Waals surface area contributed by atoms with Crippen LogP contribution in [-0.2, 0) is 17.9 Å². The van der Waals surface area contributed by atoms with Gasteiger partial charge in [0.2, 0.25) is 12.7 Å². The third kappa shape index (κ3) is 3.21. The second kappa shape index (κ2) is 6.68. The number of hydrogen-bond donors (Lipinski definition) is 0. The van der Waals surface area contributed by atoms with Crippen molar-refractivity contribution in [2.24, 2.45) is 0 Å². The maximum absolute atomic E-state index is 12.4. The zero-order chi connectivity index (χ0) is 18.1. The van der Waals surface area contributed by atoms with Crippen LogP contribution in [0.4, 0.5) is 0 Å². The molecule has 9 heteroatoms. The fourth-order valence-corrected chi connectivity index (χ4v) is 3.20. The van der Waals surface area contributed by atoms with Gasteiger partial charge in [-0.3, -0.25) is 4.79 Å². The van der Waals surface area contributed by atoms with E-state index >= 15 is 0 Å². The molecule has 0 fully saturated rings. The molecule has 0 saturated carbocycles. The van der Waals surface area contributed by atoms with Gasteiger partial charge >= 0.3 is 5.76 Å². The van der Waals surface area contributed by atoms with Crippen molar-refractivity contribution < 1.29 is 18.7 Å². The molecule has 0 saturated heterocycles. The maximum Gasteiger partial charge on any atom is 0.437 e. The van der Waals surface area contributed by atoms with Crippen LogP contribution in [0.1, 0.15) is 5.56 Å². The van der Waals surface area contributed by atoms with Gasteiger partial charge in [0.1, 0.15) is 6.54 Å². The van der Waals surface area contributed by atoms with E-state index in [1.54, 1.807) is 13.1 Å². The molecule has 1 amide bonds. The molecule has 0 N–H and O–H groups in total. The van der Waals surface area contributed by atoms with Crippen molar-refractivity contribution in [2.45, 2.75) is 13.1 Å². The first kappa shape index (κ1) is 16.4. The van der Waals surface area contributed by atoms with E-state index in [0.717, 1.165) is 15.1 Å². The Balaban J connectivity index is 1.44. The van der Waals surface area contributed by atoms with Gasteiger partial charge in [-0.25, -0.2) is 4.79 Å². The van der Waals surface area contributed by atoms with Crippen LogP contribution in [0.3, 0.4) is 0 Å². The summed E-state index contributed by atoms with van der Waals surface area (Å²) in [5.41, 5.74) is 0.900. The Hall–Kier alpha value is -3.07. The van der Waals surface area contributed by atoms with Crippen molar-refractivity contribution in [3.05, 3.63) is 51.8 Å². The highest BCUT2D eigenvalue weighted by Crippen LogP contribution is 2.32. The number of fused-ring (bicyclic) bond motifs is 1. The van der Waals surface area contributed by atoms with E-state index in [4.69, 9.17) is 13.9 Å². The van der Waals surface area contributed by atoms with Crippen LogP contribution >= 0.6 is 11.3 Å². The third-order valence-electron chi connectivity index (χ3n) is 3.91. The summed E-state index contributed by atoms with van der Waals surface area (Å²) in [7, 11) is 1.66. The number of ether oxygens (including phenoxy) is 2. The first-order valence-corrected chi connectivity index (χ1v) is 8.72. The predicted molar refractivity (Wildman–Crippen MR) is 93.1 cm³/mol. The molecule has 0 unspecified atom stereocenters. The largest absolute Gasteiger partial charge is 0.454 e. The third-order valence-corrected chi connectivity index (χ3v) is 4.76. The molecule has 1 aliphatic rings. The SMILES string of the molecule is CN(Cc1ccc2c(c1)OCO2)C(=O)Cn1nc(-c2cccs2)oc1=O. The zero-order valence-electron chi connectivity index (χ0n) is 13.9. The fraction of sp³-hybridized carbons (Fsp3) is 0.235. The number of nitrogens with zero attached hydrogens (tertiary/aromatic N) is 3. The summed E-state index contributed by atoms with van der Waals surface area (Å²) in [5, 5.41) is 5.95. The lowest BCUT2D eigenvalue weighted by Crippen LogP contribution is -2.33. The van der Waals surface area contributed by atoms with Crippen molar-refractivity contribution in [2.75, 3.05) is 13.8 Å². The highest BCUT2D eigenvalue weighted by atomic mass is 32.1. The van der Waals surface area contributed by atoms with Gasteiger partial charge in [0, 0.05) is 13.6 Å². The van der Waals surface area contributed by atoms with Crippen molar-refractivity contribution >= 4 is 17.2 Å². The first-order chi connectivity index (χ1) is 12.6. The van der Waals surface area contributed by atoms with E-state index in [1.807, 2.05) is 29.6 Å². The van der Waals surface area contributed by atoms with E-state index < -0.39 is 5.76 Å². The molecule has 4 rings (SSSR count). The zero-order valence-corrected chi connectivity index (χ0v) is 14.7. The van der Waals surface area contributed by atoms with E-state index in [9.17, 15) is 9.59 Å². The molecule has 0 bridgehead atoms. The fourth-order valence-electron chi connectivity index (χ4n) is 2.56. The summed E-state index contributed by atoms with van der Waals surface area (Å²) in [6.07, 6.45) is 0. The smallest absolute Gasteiger partial charge is 0.437 e. The summed E-state index contributed by atoms with van der Waals surface area (Å²) in [6, 6.07) is 9.15. The number of aromatic nitrogens is 2. The van der Waals surface area contributed by atoms with Gasteiger partial charge in [-0.15, -0.1) is 16.4 Å². The molecule has 1 aromatic carbocycles. The topological polar surface area (TPSA) is 86.8 Å². The summed E-state index contributed by atoms with van der Waals surface area (Å²) < 4.78 is 16.8. The standard InChI is InChI=1S/C17H15N3O5S/c1-19(8-11-4-5-12-13(7-11)24-10-23-12)15(21)9-20-17(22)25-16(18-20)14-3-2-6-26-14/h2-7H,8-10H2,1H3. The summed E-state index contributed by atoms with van der Waals surface area (Å²) in [4.78, 5) is 26.6. The molecule has 134 valence electrons. The minimum atomic E-state index is -0.654. The number of rotatable bonds is 5. The average Bonchev–Trinajstić information content (AvgIpc) is 3.35. The molecule has 0 aliphatic carbocycles. The Bertz CT molecular complexity index is 992. The summed E-state index contributed by atoms with van der Waals surface area (Å²) in [5.74, 6) is 0.667. The Morgan fingerprint density at radius 1 is 1.31 bits per heavy atom. The summed E-state index contributed by atoms with van der Waals surface area (Å²) >= 11 is 1.41. The molecule has 3 heterocycles. The second-order valence-corrected chi connectivity index (χ2v) is 6.69. The van der Waals surface area contributed by atoms with Crippen molar-refractivity contribution in [3.63, 3.8) is 0 Å². The number of hydrogen-bond acceptors (Lipinski definition) is 7. The average molecular weight is 373 g/mol. The number of benzene rings is 1. The maximum atomic E-state index is 12.4. The van der Waals surface area contributed by atoms with Crippen LogP contribution < -0.4 is 15.2 Å². The Morgan fingerprint density at radius 2 is 2.15 bits per heavy atom. The van der Waals surface area contributed by atoms with E-state index in [1.165, 1.54) is 16.2 Å². The van der Waals surface area contributed by atoms with Gasteiger partial charge in [0.25, 0.3) is 5.89 Å². The van der Waals surface area contributed by atoms with Crippen LogP contribution in [0.2, 0.25) is 0 Å². The minimum absolute atomic E-state index is 0.186. The quantitative estimate of drug-likeness (QED) is 0.679. The molecule has 8 nitrogen and oxygen atoms in total. The highest BCUT2D eigenvalue weighted by Gasteiger charge is 2.18. The van der Waals surface area contributed by atoms with Crippen molar-refractivity contribution in [3.8, 4) is 22.3 Å². The van der Waals surface area contributed by atoms with Crippen molar-refractivity contribution in [1.29, 1.82) is 0 Å². The Kier molecular flexibility index (Phi) is 4.21. The number of likely N-dealkylation sites (N-methyl/N-ethyl adjacent to an activating group) is 1. The van der Waals surface area contributed by atoms with Gasteiger partial charge in [-0.1, -0.05) is 12.1 Å². The van der Waals surface area contributed by atoms with Crippen LogP contribution in [0.15, 0.2) is 44.9 Å². The van der Waals surface area contributed by atoms with E-state index in [2.05, 4.69) is 5.10 Å². The number of carbonyl (C=O) groups is 1. The van der Waals surface area contributed by atoms with Gasteiger partial charge in [-0.05, 0) is 29.1 Å². The molecule has 2 aromatic heterocycles. The molecule has 0 spiro atoms. The van der Waals surface area contributed by atoms with Crippen LogP contribution in [0, 0.1) is 0 Å². The molecular formula is C17H15N3O5S. The van der Waals surface area contributed by atoms with Gasteiger partial charge in [0.05, 0.1) is 4.88 Å². The van der Waals surface area contributed by atoms with Crippen LogP contribution in [0.5, 0.6) is 11.5 Å². The normalized spacial score (nSPS) is 12.3. The number of amides is 1. The molecule has 26 heavy (non-hydrogen) atoms. The number of carbonyl (C=O) groups excluding carboxylic acids is 1. The second-order valence-electron chi connectivity index (χ2n) is 5.75. The van der Waals surface area contributed by atoms with Crippen LogP contribution in [0.25, 0.3) is 10.8 Å². The monoisotopic (exact) mass is 373 g/mol. The molecule has 0 radical (unpaired) electrons. The van der Waals surface area contributed by atoms with E-state index in [-0.39, 0.29) is 25.1 Å². The number of thiophene rings is 1. The lowest BCUT2D eigenvalue weighted by Gasteiger charge is -2.17. The predicted octanol–water partition coefficient (Wildman–Crippen LogP) is 1.95.